The maximum absolute atomic E-state index is 12.5. The third kappa shape index (κ3) is 2.64. The van der Waals surface area contributed by atoms with Gasteiger partial charge >= 0.3 is 6.18 Å². The number of halogens is 3. The average molecular weight is 284 g/mol. The Hall–Kier alpha value is -1.23. The predicted octanol–water partition coefficient (Wildman–Crippen LogP) is 3.29. The molecule has 1 N–H and O–H groups in total. The molecule has 2 saturated heterocycles. The molecular weight excluding hydrogens is 265 g/mol. The molecule has 2 aliphatic rings. The normalized spacial score (nSPS) is 22.4. The van der Waals surface area contributed by atoms with Crippen molar-refractivity contribution in [3.05, 3.63) is 29.8 Å². The first-order valence-corrected chi connectivity index (χ1v) is 7.12. The maximum Gasteiger partial charge on any atom is 0.416 e. The first-order chi connectivity index (χ1) is 9.49. The van der Waals surface area contributed by atoms with Gasteiger partial charge in [-0.25, -0.2) is 0 Å². The summed E-state index contributed by atoms with van der Waals surface area (Å²) in [5.74, 6) is 0. The summed E-state index contributed by atoms with van der Waals surface area (Å²) in [5.41, 5.74) is 0.760. The number of anilines is 1. The summed E-state index contributed by atoms with van der Waals surface area (Å²) in [6, 6.07) is 5.54. The van der Waals surface area contributed by atoms with E-state index in [0.29, 0.717) is 5.41 Å². The summed E-state index contributed by atoms with van der Waals surface area (Å²) < 4.78 is 37.6. The fraction of sp³-hybridized carbons (Fsp3) is 0.600. The number of benzene rings is 1. The van der Waals surface area contributed by atoms with Crippen LogP contribution in [0.15, 0.2) is 24.3 Å². The van der Waals surface area contributed by atoms with Crippen LogP contribution in [0.5, 0.6) is 0 Å². The molecule has 1 aromatic rings. The van der Waals surface area contributed by atoms with Crippen LogP contribution in [0.4, 0.5) is 18.9 Å². The highest BCUT2D eigenvalue weighted by molar-refractivity contribution is 5.48. The van der Waals surface area contributed by atoms with Gasteiger partial charge in [-0.05, 0) is 55.5 Å². The van der Waals surface area contributed by atoms with Crippen molar-refractivity contribution in [2.45, 2.75) is 25.4 Å². The van der Waals surface area contributed by atoms with Crippen molar-refractivity contribution >= 4 is 5.69 Å². The van der Waals surface area contributed by atoms with Crippen molar-refractivity contribution < 1.29 is 13.2 Å². The molecule has 0 aromatic heterocycles. The third-order valence-electron chi connectivity index (χ3n) is 4.72. The second-order valence-corrected chi connectivity index (χ2v) is 5.96. The fourth-order valence-electron chi connectivity index (χ4n) is 3.32. The van der Waals surface area contributed by atoms with Gasteiger partial charge in [-0.3, -0.25) is 0 Å². The van der Waals surface area contributed by atoms with Gasteiger partial charge in [0.15, 0.2) is 0 Å². The van der Waals surface area contributed by atoms with Gasteiger partial charge in [-0.2, -0.15) is 13.2 Å². The van der Waals surface area contributed by atoms with Crippen LogP contribution in [-0.2, 0) is 6.18 Å². The van der Waals surface area contributed by atoms with Crippen LogP contribution in [-0.4, -0.2) is 26.2 Å². The van der Waals surface area contributed by atoms with E-state index in [9.17, 15) is 13.2 Å². The second-order valence-electron chi connectivity index (χ2n) is 5.96. The lowest BCUT2D eigenvalue weighted by Gasteiger charge is -2.40. The van der Waals surface area contributed by atoms with Gasteiger partial charge in [0.05, 0.1) is 5.56 Å². The largest absolute Gasteiger partial charge is 0.416 e. The van der Waals surface area contributed by atoms with E-state index in [2.05, 4.69) is 10.2 Å². The van der Waals surface area contributed by atoms with Crippen molar-refractivity contribution in [2.75, 3.05) is 31.1 Å². The predicted molar refractivity (Wildman–Crippen MR) is 72.8 cm³/mol. The zero-order chi connectivity index (χ0) is 14.2. The minimum atomic E-state index is -4.25. The van der Waals surface area contributed by atoms with E-state index in [0.717, 1.165) is 44.7 Å². The van der Waals surface area contributed by atoms with Crippen molar-refractivity contribution in [1.29, 1.82) is 0 Å². The quantitative estimate of drug-likeness (QED) is 0.851. The van der Waals surface area contributed by atoms with Crippen LogP contribution < -0.4 is 10.2 Å². The van der Waals surface area contributed by atoms with Crippen molar-refractivity contribution in [3.8, 4) is 0 Å². The lowest BCUT2D eigenvalue weighted by Crippen LogP contribution is -2.41. The van der Waals surface area contributed by atoms with E-state index in [4.69, 9.17) is 0 Å². The molecule has 0 radical (unpaired) electrons. The number of alkyl halides is 3. The van der Waals surface area contributed by atoms with Crippen molar-refractivity contribution in [3.63, 3.8) is 0 Å². The van der Waals surface area contributed by atoms with Gasteiger partial charge in [-0.15, -0.1) is 0 Å². The van der Waals surface area contributed by atoms with Gasteiger partial charge in [0.1, 0.15) is 0 Å². The number of hydrogen-bond acceptors (Lipinski definition) is 2. The minimum Gasteiger partial charge on any atom is -0.371 e. The van der Waals surface area contributed by atoms with E-state index in [1.54, 1.807) is 12.1 Å². The van der Waals surface area contributed by atoms with Crippen molar-refractivity contribution in [1.82, 2.24) is 5.32 Å². The van der Waals surface area contributed by atoms with Gasteiger partial charge in [0.2, 0.25) is 0 Å². The Kier molecular flexibility index (Phi) is 3.40. The number of rotatable bonds is 1. The van der Waals surface area contributed by atoms with E-state index in [-0.39, 0.29) is 0 Å². The zero-order valence-corrected chi connectivity index (χ0v) is 11.3. The molecule has 2 heterocycles. The van der Waals surface area contributed by atoms with Crippen LogP contribution in [0.2, 0.25) is 0 Å². The summed E-state index contributed by atoms with van der Waals surface area (Å²) in [7, 11) is 0. The molecule has 2 fully saturated rings. The van der Waals surface area contributed by atoms with Crippen LogP contribution in [0.1, 0.15) is 24.8 Å². The summed E-state index contributed by atoms with van der Waals surface area (Å²) in [5, 5.41) is 3.42. The van der Waals surface area contributed by atoms with E-state index in [1.165, 1.54) is 18.6 Å². The molecule has 0 amide bonds. The number of nitrogens with one attached hydrogen (secondary N) is 1. The highest BCUT2D eigenvalue weighted by Gasteiger charge is 2.37. The van der Waals surface area contributed by atoms with Crippen LogP contribution >= 0.6 is 0 Å². The van der Waals surface area contributed by atoms with E-state index in [1.807, 2.05) is 0 Å². The molecule has 110 valence electrons. The standard InChI is InChI=1S/C15H19F3N2/c16-15(17,18)12-1-3-13(4-2-12)20-9-6-14(7-10-20)5-8-19-11-14/h1-4,19H,5-11H2. The maximum atomic E-state index is 12.5. The van der Waals surface area contributed by atoms with Crippen LogP contribution in [0.3, 0.4) is 0 Å². The van der Waals surface area contributed by atoms with Gasteiger partial charge < -0.3 is 10.2 Å². The molecule has 1 spiro atoms. The summed E-state index contributed by atoms with van der Waals surface area (Å²) in [6.07, 6.45) is -0.768. The topological polar surface area (TPSA) is 15.3 Å². The molecule has 2 aliphatic heterocycles. The molecular formula is C15H19F3N2. The average Bonchev–Trinajstić information content (AvgIpc) is 2.87. The molecule has 0 aliphatic carbocycles. The zero-order valence-electron chi connectivity index (χ0n) is 11.3. The van der Waals surface area contributed by atoms with Gasteiger partial charge in [-0.1, -0.05) is 0 Å². The molecule has 5 heteroatoms. The van der Waals surface area contributed by atoms with Crippen LogP contribution in [0.25, 0.3) is 0 Å². The fourth-order valence-corrected chi connectivity index (χ4v) is 3.32. The first kappa shape index (κ1) is 13.7. The second kappa shape index (κ2) is 4.95. The van der Waals surface area contributed by atoms with E-state index >= 15 is 0 Å². The Morgan fingerprint density at radius 3 is 2.15 bits per heavy atom. The number of hydrogen-bond donors (Lipinski definition) is 1. The smallest absolute Gasteiger partial charge is 0.371 e. The highest BCUT2D eigenvalue weighted by Crippen LogP contribution is 2.38. The summed E-state index contributed by atoms with van der Waals surface area (Å²) in [4.78, 5) is 2.20. The van der Waals surface area contributed by atoms with Gasteiger partial charge in [0.25, 0.3) is 0 Å². The Morgan fingerprint density at radius 1 is 1.00 bits per heavy atom. The van der Waals surface area contributed by atoms with Crippen LogP contribution in [0, 0.1) is 5.41 Å². The first-order valence-electron chi connectivity index (χ1n) is 7.12. The van der Waals surface area contributed by atoms with E-state index < -0.39 is 11.7 Å². The lowest BCUT2D eigenvalue weighted by molar-refractivity contribution is -0.137. The Labute approximate surface area is 117 Å². The number of nitrogens with zero attached hydrogens (tertiary/aromatic N) is 1. The Morgan fingerprint density at radius 2 is 1.65 bits per heavy atom. The molecule has 2 nitrogen and oxygen atoms in total. The Bertz CT molecular complexity index is 451. The molecule has 0 atom stereocenters. The minimum absolute atomic E-state index is 0.433. The monoisotopic (exact) mass is 284 g/mol. The molecule has 0 unspecified atom stereocenters. The molecule has 0 bridgehead atoms. The lowest BCUT2D eigenvalue weighted by atomic mass is 9.78. The van der Waals surface area contributed by atoms with Gasteiger partial charge in [0, 0.05) is 25.3 Å². The number of piperidine rings is 1. The third-order valence-corrected chi connectivity index (χ3v) is 4.72. The Balaban J connectivity index is 1.66. The molecule has 3 rings (SSSR count). The highest BCUT2D eigenvalue weighted by atomic mass is 19.4. The summed E-state index contributed by atoms with van der Waals surface area (Å²) in [6.45, 7) is 4.06. The molecule has 0 saturated carbocycles. The summed E-state index contributed by atoms with van der Waals surface area (Å²) >= 11 is 0. The SMILES string of the molecule is FC(F)(F)c1ccc(N2CCC3(CCNC3)CC2)cc1. The van der Waals surface area contributed by atoms with Crippen molar-refractivity contribution in [2.24, 2.45) is 5.41 Å². The molecule has 20 heavy (non-hydrogen) atoms. The molecule has 1 aromatic carbocycles.